The van der Waals surface area contributed by atoms with Gasteiger partial charge in [0, 0.05) is 19.0 Å². The molecule has 0 radical (unpaired) electrons. The van der Waals surface area contributed by atoms with Gasteiger partial charge >= 0.3 is 0 Å². The number of carbonyl (C=O) groups excluding carboxylic acids is 1. The Hall–Kier alpha value is -0.660. The summed E-state index contributed by atoms with van der Waals surface area (Å²) in [7, 11) is -3.40. The van der Waals surface area contributed by atoms with Crippen LogP contribution in [0.2, 0.25) is 0 Å². The lowest BCUT2D eigenvalue weighted by Gasteiger charge is -2.22. The number of sulfonamides is 1. The van der Waals surface area contributed by atoms with Crippen molar-refractivity contribution in [1.29, 1.82) is 0 Å². The molecule has 1 rings (SSSR count). The highest BCUT2D eigenvalue weighted by molar-refractivity contribution is 7.89. The lowest BCUT2D eigenvalue weighted by atomic mass is 10.1. The summed E-state index contributed by atoms with van der Waals surface area (Å²) in [4.78, 5) is 10.8. The first-order valence-corrected chi connectivity index (χ1v) is 6.06. The normalized spacial score (nSPS) is 23.2. The molecule has 1 aliphatic rings. The van der Waals surface area contributed by atoms with Gasteiger partial charge in [0.15, 0.2) is 0 Å². The molecule has 7 heteroatoms. The van der Waals surface area contributed by atoms with Crippen molar-refractivity contribution in [3.63, 3.8) is 0 Å². The lowest BCUT2D eigenvalue weighted by Crippen LogP contribution is -2.48. The highest BCUT2D eigenvalue weighted by atomic mass is 32.2. The van der Waals surface area contributed by atoms with Crippen molar-refractivity contribution in [3.05, 3.63) is 0 Å². The van der Waals surface area contributed by atoms with Crippen LogP contribution in [0.4, 0.5) is 0 Å². The van der Waals surface area contributed by atoms with Gasteiger partial charge < -0.3 is 10.4 Å². The van der Waals surface area contributed by atoms with Crippen molar-refractivity contribution in [1.82, 2.24) is 10.0 Å². The van der Waals surface area contributed by atoms with Crippen LogP contribution in [0.15, 0.2) is 0 Å². The second-order valence-corrected chi connectivity index (χ2v) is 5.07. The van der Waals surface area contributed by atoms with Crippen molar-refractivity contribution >= 4 is 15.9 Å². The highest BCUT2D eigenvalue weighted by Gasteiger charge is 2.22. The molecule has 82 valence electrons. The zero-order valence-corrected chi connectivity index (χ0v) is 8.51. The van der Waals surface area contributed by atoms with Crippen molar-refractivity contribution in [3.8, 4) is 0 Å². The monoisotopic (exact) mass is 222 g/mol. The summed E-state index contributed by atoms with van der Waals surface area (Å²) in [6, 6.07) is -0.246. The van der Waals surface area contributed by atoms with E-state index in [1.807, 2.05) is 0 Å². The maximum absolute atomic E-state index is 11.2. The van der Waals surface area contributed by atoms with E-state index in [2.05, 4.69) is 10.0 Å². The van der Waals surface area contributed by atoms with E-state index < -0.39 is 16.6 Å². The summed E-state index contributed by atoms with van der Waals surface area (Å²) in [6.45, 7) is -0.0715. The standard InChI is InChI=1S/C7H14N2O4S/c10-3-4-14(12,13)9-6-1-2-7(11)8-5-6/h6,9-10H,1-5H2,(H,8,11). The molecule has 1 fully saturated rings. The molecule has 6 nitrogen and oxygen atoms in total. The third kappa shape index (κ3) is 3.60. The molecule has 1 heterocycles. The van der Waals surface area contributed by atoms with E-state index in [0.29, 0.717) is 19.4 Å². The minimum Gasteiger partial charge on any atom is -0.395 e. The van der Waals surface area contributed by atoms with E-state index in [9.17, 15) is 13.2 Å². The average Bonchev–Trinajstić information content (AvgIpc) is 2.08. The van der Waals surface area contributed by atoms with E-state index in [4.69, 9.17) is 5.11 Å². The molecule has 0 saturated carbocycles. The number of aliphatic hydroxyl groups excluding tert-OH is 1. The predicted molar refractivity (Wildman–Crippen MR) is 50.0 cm³/mol. The second-order valence-electron chi connectivity index (χ2n) is 3.20. The summed E-state index contributed by atoms with van der Waals surface area (Å²) in [5.41, 5.74) is 0. The third-order valence-corrected chi connectivity index (χ3v) is 3.38. The first kappa shape index (κ1) is 11.4. The van der Waals surface area contributed by atoms with Crippen LogP contribution in [0.3, 0.4) is 0 Å². The fourth-order valence-electron chi connectivity index (χ4n) is 1.27. The van der Waals surface area contributed by atoms with Gasteiger partial charge in [0.05, 0.1) is 12.4 Å². The van der Waals surface area contributed by atoms with Crippen molar-refractivity contribution in [2.45, 2.75) is 18.9 Å². The Bertz CT molecular complexity index is 291. The second kappa shape index (κ2) is 4.72. The maximum atomic E-state index is 11.2. The van der Waals surface area contributed by atoms with E-state index in [0.717, 1.165) is 0 Å². The average molecular weight is 222 g/mol. The molecule has 0 aliphatic carbocycles. The van der Waals surface area contributed by atoms with Gasteiger partial charge in [-0.15, -0.1) is 0 Å². The highest BCUT2D eigenvalue weighted by Crippen LogP contribution is 2.03. The Labute approximate surface area is 82.7 Å². The van der Waals surface area contributed by atoms with Crippen LogP contribution in [0.5, 0.6) is 0 Å². The van der Waals surface area contributed by atoms with Gasteiger partial charge in [-0.25, -0.2) is 13.1 Å². The Balaban J connectivity index is 2.41. The number of piperidine rings is 1. The zero-order chi connectivity index (χ0) is 10.6. The molecule has 0 aromatic carbocycles. The predicted octanol–water partition coefficient (Wildman–Crippen LogP) is -1.82. The van der Waals surface area contributed by atoms with Gasteiger partial charge in [-0.2, -0.15) is 0 Å². The first-order chi connectivity index (χ1) is 6.53. The molecule has 1 saturated heterocycles. The van der Waals surface area contributed by atoms with E-state index >= 15 is 0 Å². The number of nitrogens with one attached hydrogen (secondary N) is 2. The van der Waals surface area contributed by atoms with E-state index in [1.165, 1.54) is 0 Å². The smallest absolute Gasteiger partial charge is 0.220 e. The van der Waals surface area contributed by atoms with Crippen molar-refractivity contribution in [2.24, 2.45) is 0 Å². The molecule has 0 spiro atoms. The molecule has 1 amide bonds. The topological polar surface area (TPSA) is 95.5 Å². The fraction of sp³-hybridized carbons (Fsp3) is 0.857. The maximum Gasteiger partial charge on any atom is 0.220 e. The largest absolute Gasteiger partial charge is 0.395 e. The van der Waals surface area contributed by atoms with Crippen LogP contribution in [-0.2, 0) is 14.8 Å². The minimum atomic E-state index is -3.40. The SMILES string of the molecule is O=C1CCC(NS(=O)(=O)CCO)CN1. The minimum absolute atomic E-state index is 0.0531. The number of amides is 1. The summed E-state index contributed by atoms with van der Waals surface area (Å²) < 4.78 is 24.8. The molecular weight excluding hydrogens is 208 g/mol. The van der Waals surface area contributed by atoms with Crippen molar-refractivity contribution < 1.29 is 18.3 Å². The number of hydrogen-bond acceptors (Lipinski definition) is 4. The fourth-order valence-corrected chi connectivity index (χ4v) is 2.33. The third-order valence-electron chi connectivity index (χ3n) is 1.97. The van der Waals surface area contributed by atoms with Gasteiger partial charge in [-0.05, 0) is 6.42 Å². The molecular formula is C7H14N2O4S. The Kier molecular flexibility index (Phi) is 3.85. The Morgan fingerprint density at radius 2 is 2.29 bits per heavy atom. The van der Waals surface area contributed by atoms with Crippen molar-refractivity contribution in [2.75, 3.05) is 18.9 Å². The molecule has 1 aliphatic heterocycles. The van der Waals surface area contributed by atoms with Crippen LogP contribution in [0, 0.1) is 0 Å². The molecule has 0 aromatic rings. The van der Waals surface area contributed by atoms with Crippen LogP contribution < -0.4 is 10.0 Å². The van der Waals surface area contributed by atoms with Gasteiger partial charge in [-0.3, -0.25) is 4.79 Å². The van der Waals surface area contributed by atoms with E-state index in [1.54, 1.807) is 0 Å². The van der Waals surface area contributed by atoms with Crippen LogP contribution in [0.25, 0.3) is 0 Å². The molecule has 1 atom stereocenters. The molecule has 0 bridgehead atoms. The summed E-state index contributed by atoms with van der Waals surface area (Å²) >= 11 is 0. The first-order valence-electron chi connectivity index (χ1n) is 4.41. The molecule has 14 heavy (non-hydrogen) atoms. The summed E-state index contributed by atoms with van der Waals surface area (Å²) in [5.74, 6) is -0.347. The molecule has 1 unspecified atom stereocenters. The van der Waals surface area contributed by atoms with Crippen LogP contribution in [-0.4, -0.2) is 44.4 Å². The van der Waals surface area contributed by atoms with Gasteiger partial charge in [0.1, 0.15) is 0 Å². The van der Waals surface area contributed by atoms with Gasteiger partial charge in [0.25, 0.3) is 0 Å². The van der Waals surface area contributed by atoms with Gasteiger partial charge in [0.2, 0.25) is 15.9 Å². The number of hydrogen-bond donors (Lipinski definition) is 3. The number of aliphatic hydroxyl groups is 1. The number of carbonyl (C=O) groups is 1. The Morgan fingerprint density at radius 3 is 2.79 bits per heavy atom. The summed E-state index contributed by atoms with van der Waals surface area (Å²) in [6.07, 6.45) is 0.850. The van der Waals surface area contributed by atoms with E-state index in [-0.39, 0.29) is 17.7 Å². The van der Waals surface area contributed by atoms with Gasteiger partial charge in [-0.1, -0.05) is 0 Å². The lowest BCUT2D eigenvalue weighted by molar-refractivity contribution is -0.122. The molecule has 3 N–H and O–H groups in total. The molecule has 0 aromatic heterocycles. The Morgan fingerprint density at radius 1 is 1.57 bits per heavy atom. The van der Waals surface area contributed by atoms with Crippen LogP contribution >= 0.6 is 0 Å². The zero-order valence-electron chi connectivity index (χ0n) is 7.69. The van der Waals surface area contributed by atoms with Crippen LogP contribution in [0.1, 0.15) is 12.8 Å². The quantitative estimate of drug-likeness (QED) is 0.521. The number of rotatable bonds is 4. The summed E-state index contributed by atoms with van der Waals surface area (Å²) in [5, 5.41) is 11.1.